The second-order valence-corrected chi connectivity index (χ2v) is 4.13. The predicted molar refractivity (Wildman–Crippen MR) is 69.7 cm³/mol. The fourth-order valence-electron chi connectivity index (χ4n) is 1.67. The molecular formula is C14H13FN2O2. The summed E-state index contributed by atoms with van der Waals surface area (Å²) in [6.45, 7) is 2.20. The lowest BCUT2D eigenvalue weighted by Crippen LogP contribution is -2.07. The molecule has 0 aliphatic rings. The van der Waals surface area contributed by atoms with Crippen LogP contribution in [0, 0.1) is 12.7 Å². The molecule has 1 heterocycles. The van der Waals surface area contributed by atoms with E-state index < -0.39 is 5.97 Å². The van der Waals surface area contributed by atoms with Crippen LogP contribution in [0.3, 0.4) is 0 Å². The first-order valence-corrected chi connectivity index (χ1v) is 5.75. The van der Waals surface area contributed by atoms with E-state index >= 15 is 0 Å². The number of anilines is 1. The van der Waals surface area contributed by atoms with Crippen LogP contribution < -0.4 is 5.32 Å². The van der Waals surface area contributed by atoms with Crippen LogP contribution in [-0.2, 0) is 6.54 Å². The van der Waals surface area contributed by atoms with Gasteiger partial charge in [-0.3, -0.25) is 0 Å². The number of hydrogen-bond acceptors (Lipinski definition) is 3. The summed E-state index contributed by atoms with van der Waals surface area (Å²) >= 11 is 0. The Labute approximate surface area is 109 Å². The van der Waals surface area contributed by atoms with E-state index in [1.807, 2.05) is 6.92 Å². The zero-order chi connectivity index (χ0) is 13.8. The number of carboxylic acids is 1. The van der Waals surface area contributed by atoms with Crippen molar-refractivity contribution in [2.24, 2.45) is 0 Å². The number of nitrogens with one attached hydrogen (secondary N) is 1. The number of carbonyl (C=O) groups is 1. The van der Waals surface area contributed by atoms with Gasteiger partial charge in [-0.15, -0.1) is 0 Å². The largest absolute Gasteiger partial charge is 0.477 e. The molecule has 4 nitrogen and oxygen atoms in total. The standard InChI is InChI=1S/C14H13FN2O2/c1-9-5-6-10(15)7-13(9)16-8-11-3-2-4-12(17-11)14(18)19/h2-7,16H,8H2,1H3,(H,18,19). The highest BCUT2D eigenvalue weighted by atomic mass is 19.1. The van der Waals surface area contributed by atoms with Crippen LogP contribution in [0.1, 0.15) is 21.7 Å². The monoisotopic (exact) mass is 260 g/mol. The summed E-state index contributed by atoms with van der Waals surface area (Å²) in [5.74, 6) is -1.39. The van der Waals surface area contributed by atoms with Gasteiger partial charge in [-0.1, -0.05) is 12.1 Å². The summed E-state index contributed by atoms with van der Waals surface area (Å²) in [6, 6.07) is 9.25. The number of halogens is 1. The Hall–Kier alpha value is -2.43. The molecule has 5 heteroatoms. The maximum Gasteiger partial charge on any atom is 0.354 e. The third-order valence-corrected chi connectivity index (χ3v) is 2.69. The lowest BCUT2D eigenvalue weighted by Gasteiger charge is -2.09. The Morgan fingerprint density at radius 3 is 2.89 bits per heavy atom. The van der Waals surface area contributed by atoms with Crippen molar-refractivity contribution >= 4 is 11.7 Å². The molecule has 19 heavy (non-hydrogen) atoms. The number of carboxylic acid groups (broad SMARTS) is 1. The van der Waals surface area contributed by atoms with E-state index in [0.717, 1.165) is 5.56 Å². The number of rotatable bonds is 4. The average molecular weight is 260 g/mol. The fourth-order valence-corrected chi connectivity index (χ4v) is 1.67. The van der Waals surface area contributed by atoms with Crippen molar-refractivity contribution in [3.05, 3.63) is 59.2 Å². The SMILES string of the molecule is Cc1ccc(F)cc1NCc1cccc(C(=O)O)n1. The molecule has 0 saturated heterocycles. The maximum absolute atomic E-state index is 13.1. The van der Waals surface area contributed by atoms with Gasteiger partial charge in [0.2, 0.25) is 0 Å². The van der Waals surface area contributed by atoms with E-state index in [1.54, 1.807) is 18.2 Å². The molecule has 0 spiro atoms. The van der Waals surface area contributed by atoms with E-state index in [1.165, 1.54) is 18.2 Å². The Balaban J connectivity index is 2.12. The van der Waals surface area contributed by atoms with E-state index in [4.69, 9.17) is 5.11 Å². The van der Waals surface area contributed by atoms with Crippen LogP contribution >= 0.6 is 0 Å². The van der Waals surface area contributed by atoms with Crippen LogP contribution in [0.15, 0.2) is 36.4 Å². The molecule has 0 amide bonds. The molecule has 0 aliphatic carbocycles. The molecule has 0 radical (unpaired) electrons. The average Bonchev–Trinajstić information content (AvgIpc) is 2.40. The number of aryl methyl sites for hydroxylation is 1. The number of pyridine rings is 1. The Morgan fingerprint density at radius 1 is 1.37 bits per heavy atom. The zero-order valence-corrected chi connectivity index (χ0v) is 10.4. The number of benzene rings is 1. The molecule has 1 aromatic heterocycles. The van der Waals surface area contributed by atoms with Crippen LogP contribution in [0.5, 0.6) is 0 Å². The van der Waals surface area contributed by atoms with Crippen molar-refractivity contribution in [1.29, 1.82) is 0 Å². The van der Waals surface area contributed by atoms with Gasteiger partial charge in [0, 0.05) is 5.69 Å². The predicted octanol–water partition coefficient (Wildman–Crippen LogP) is 2.84. The third-order valence-electron chi connectivity index (χ3n) is 2.69. The first-order valence-electron chi connectivity index (χ1n) is 5.75. The molecular weight excluding hydrogens is 247 g/mol. The maximum atomic E-state index is 13.1. The molecule has 2 aromatic rings. The molecule has 0 fully saturated rings. The summed E-state index contributed by atoms with van der Waals surface area (Å²) in [4.78, 5) is 14.8. The summed E-state index contributed by atoms with van der Waals surface area (Å²) in [5, 5.41) is 11.9. The van der Waals surface area contributed by atoms with E-state index in [-0.39, 0.29) is 11.5 Å². The third kappa shape index (κ3) is 3.28. The molecule has 2 rings (SSSR count). The minimum atomic E-state index is -1.07. The first kappa shape index (κ1) is 13.0. The van der Waals surface area contributed by atoms with E-state index in [2.05, 4.69) is 10.3 Å². The highest BCUT2D eigenvalue weighted by molar-refractivity contribution is 5.85. The van der Waals surface area contributed by atoms with Gasteiger partial charge in [-0.2, -0.15) is 0 Å². The zero-order valence-electron chi connectivity index (χ0n) is 10.4. The van der Waals surface area contributed by atoms with Crippen LogP contribution in [0.25, 0.3) is 0 Å². The molecule has 0 bridgehead atoms. The molecule has 0 unspecified atom stereocenters. The normalized spacial score (nSPS) is 10.2. The van der Waals surface area contributed by atoms with Gasteiger partial charge in [0.1, 0.15) is 11.5 Å². The van der Waals surface area contributed by atoms with E-state index in [9.17, 15) is 9.18 Å². The number of aromatic carboxylic acids is 1. The quantitative estimate of drug-likeness (QED) is 0.887. The highest BCUT2D eigenvalue weighted by Crippen LogP contribution is 2.16. The van der Waals surface area contributed by atoms with Gasteiger partial charge in [-0.05, 0) is 36.8 Å². The lowest BCUT2D eigenvalue weighted by molar-refractivity contribution is 0.0690. The van der Waals surface area contributed by atoms with E-state index in [0.29, 0.717) is 17.9 Å². The van der Waals surface area contributed by atoms with Gasteiger partial charge < -0.3 is 10.4 Å². The summed E-state index contributed by atoms with van der Waals surface area (Å²) in [5.41, 5.74) is 2.16. The molecule has 98 valence electrons. The fraction of sp³-hybridized carbons (Fsp3) is 0.143. The van der Waals surface area contributed by atoms with Crippen molar-refractivity contribution < 1.29 is 14.3 Å². The van der Waals surface area contributed by atoms with Crippen LogP contribution in [-0.4, -0.2) is 16.1 Å². The Bertz CT molecular complexity index is 614. The summed E-state index contributed by atoms with van der Waals surface area (Å²) in [7, 11) is 0. The number of nitrogens with zero attached hydrogens (tertiary/aromatic N) is 1. The highest BCUT2D eigenvalue weighted by Gasteiger charge is 2.05. The summed E-state index contributed by atoms with van der Waals surface area (Å²) < 4.78 is 13.1. The van der Waals surface area contributed by atoms with Crippen LogP contribution in [0.4, 0.5) is 10.1 Å². The minimum Gasteiger partial charge on any atom is -0.477 e. The van der Waals surface area contributed by atoms with Crippen molar-refractivity contribution in [2.45, 2.75) is 13.5 Å². The molecule has 2 N–H and O–H groups in total. The number of hydrogen-bond donors (Lipinski definition) is 2. The van der Waals surface area contributed by atoms with Crippen molar-refractivity contribution in [3.8, 4) is 0 Å². The summed E-state index contributed by atoms with van der Waals surface area (Å²) in [6.07, 6.45) is 0. The smallest absolute Gasteiger partial charge is 0.354 e. The molecule has 0 aliphatic heterocycles. The van der Waals surface area contributed by atoms with Gasteiger partial charge in [0.15, 0.2) is 0 Å². The Morgan fingerprint density at radius 2 is 2.16 bits per heavy atom. The lowest BCUT2D eigenvalue weighted by atomic mass is 10.2. The van der Waals surface area contributed by atoms with Gasteiger partial charge in [0.05, 0.1) is 12.2 Å². The van der Waals surface area contributed by atoms with Gasteiger partial charge in [0.25, 0.3) is 0 Å². The first-order chi connectivity index (χ1) is 9.06. The second-order valence-electron chi connectivity index (χ2n) is 4.13. The van der Waals surface area contributed by atoms with Gasteiger partial charge in [-0.25, -0.2) is 14.2 Å². The van der Waals surface area contributed by atoms with Crippen molar-refractivity contribution in [2.75, 3.05) is 5.32 Å². The molecule has 0 saturated carbocycles. The second kappa shape index (κ2) is 5.48. The van der Waals surface area contributed by atoms with Crippen molar-refractivity contribution in [1.82, 2.24) is 4.98 Å². The number of aromatic nitrogens is 1. The molecule has 0 atom stereocenters. The minimum absolute atomic E-state index is 0.00439. The molecule has 1 aromatic carbocycles. The Kier molecular flexibility index (Phi) is 3.75. The van der Waals surface area contributed by atoms with Crippen molar-refractivity contribution in [3.63, 3.8) is 0 Å². The topological polar surface area (TPSA) is 62.2 Å². The van der Waals surface area contributed by atoms with Gasteiger partial charge >= 0.3 is 5.97 Å². The van der Waals surface area contributed by atoms with Crippen LogP contribution in [0.2, 0.25) is 0 Å².